The average Bonchev–Trinajstić information content (AvgIpc) is 2.32. The summed E-state index contributed by atoms with van der Waals surface area (Å²) < 4.78 is 5.46. The molecule has 1 saturated heterocycles. The number of aliphatic hydroxyl groups excluding tert-OH is 1. The summed E-state index contributed by atoms with van der Waals surface area (Å²) in [6.07, 6.45) is 6.81. The van der Waals surface area contributed by atoms with Crippen LogP contribution in [0.2, 0.25) is 0 Å². The monoisotopic (exact) mass is 227 g/mol. The Bertz CT molecular complexity index is 216. The molecule has 2 fully saturated rings. The van der Waals surface area contributed by atoms with Crippen molar-refractivity contribution in [3.8, 4) is 0 Å². The molecule has 0 amide bonds. The van der Waals surface area contributed by atoms with Crippen molar-refractivity contribution in [2.45, 2.75) is 57.6 Å². The van der Waals surface area contributed by atoms with Crippen molar-refractivity contribution in [1.29, 1.82) is 0 Å². The van der Waals surface area contributed by atoms with Crippen LogP contribution in [0.5, 0.6) is 0 Å². The van der Waals surface area contributed by atoms with Crippen molar-refractivity contribution in [2.24, 2.45) is 5.41 Å². The molecule has 16 heavy (non-hydrogen) atoms. The highest BCUT2D eigenvalue weighted by atomic mass is 16.5. The maximum Gasteiger partial charge on any atom is 0.0619 e. The van der Waals surface area contributed by atoms with Crippen molar-refractivity contribution in [3.63, 3.8) is 0 Å². The Hall–Kier alpha value is -0.120. The zero-order valence-corrected chi connectivity index (χ0v) is 10.4. The van der Waals surface area contributed by atoms with Crippen LogP contribution in [0.1, 0.15) is 45.4 Å². The third kappa shape index (κ3) is 2.96. The molecule has 3 nitrogen and oxygen atoms in total. The topological polar surface area (TPSA) is 41.5 Å². The summed E-state index contributed by atoms with van der Waals surface area (Å²) in [5.74, 6) is 0. The van der Waals surface area contributed by atoms with Gasteiger partial charge in [-0.05, 0) is 25.7 Å². The van der Waals surface area contributed by atoms with Gasteiger partial charge in [-0.3, -0.25) is 0 Å². The first-order valence-corrected chi connectivity index (χ1v) is 6.70. The van der Waals surface area contributed by atoms with Gasteiger partial charge in [0.2, 0.25) is 0 Å². The summed E-state index contributed by atoms with van der Waals surface area (Å²) in [6, 6.07) is 0.500. The van der Waals surface area contributed by atoms with Gasteiger partial charge in [-0.1, -0.05) is 19.8 Å². The fourth-order valence-electron chi connectivity index (χ4n) is 2.87. The van der Waals surface area contributed by atoms with Crippen LogP contribution in [-0.2, 0) is 4.74 Å². The molecule has 3 unspecified atom stereocenters. The minimum absolute atomic E-state index is 0.0791. The Kier molecular flexibility index (Phi) is 4.22. The zero-order valence-electron chi connectivity index (χ0n) is 10.4. The molecule has 1 aliphatic carbocycles. The van der Waals surface area contributed by atoms with Crippen LogP contribution in [-0.4, -0.2) is 37.0 Å². The van der Waals surface area contributed by atoms with E-state index in [2.05, 4.69) is 12.2 Å². The molecule has 0 radical (unpaired) electrons. The normalized spacial score (nSPS) is 40.9. The maximum absolute atomic E-state index is 10.1. The second-order valence-corrected chi connectivity index (χ2v) is 5.71. The van der Waals surface area contributed by atoms with Gasteiger partial charge in [0.25, 0.3) is 0 Å². The number of hydrogen-bond acceptors (Lipinski definition) is 3. The average molecular weight is 227 g/mol. The highest BCUT2D eigenvalue weighted by Gasteiger charge is 2.35. The Balaban J connectivity index is 1.78. The van der Waals surface area contributed by atoms with Gasteiger partial charge < -0.3 is 15.2 Å². The molecule has 0 aromatic carbocycles. The van der Waals surface area contributed by atoms with E-state index >= 15 is 0 Å². The molecule has 1 heterocycles. The van der Waals surface area contributed by atoms with E-state index in [0.29, 0.717) is 6.04 Å². The number of aliphatic hydroxyl groups is 1. The lowest BCUT2D eigenvalue weighted by Crippen LogP contribution is -2.48. The smallest absolute Gasteiger partial charge is 0.0619 e. The Morgan fingerprint density at radius 3 is 2.88 bits per heavy atom. The summed E-state index contributed by atoms with van der Waals surface area (Å²) in [7, 11) is 0. The SMILES string of the molecule is CC1(CNC2CCCOC2)CCCCC1O. The Morgan fingerprint density at radius 1 is 1.31 bits per heavy atom. The predicted octanol–water partition coefficient (Wildman–Crippen LogP) is 1.70. The third-order valence-electron chi connectivity index (χ3n) is 4.23. The van der Waals surface area contributed by atoms with Crippen LogP contribution in [0.3, 0.4) is 0 Å². The molecule has 0 spiro atoms. The van der Waals surface area contributed by atoms with Crippen molar-refractivity contribution < 1.29 is 9.84 Å². The molecule has 0 aromatic rings. The van der Waals surface area contributed by atoms with Gasteiger partial charge in [0.05, 0.1) is 12.7 Å². The molecule has 0 bridgehead atoms. The Labute approximate surface area is 98.6 Å². The maximum atomic E-state index is 10.1. The molecule has 3 atom stereocenters. The van der Waals surface area contributed by atoms with Crippen molar-refractivity contribution >= 4 is 0 Å². The van der Waals surface area contributed by atoms with Crippen LogP contribution < -0.4 is 5.32 Å². The van der Waals surface area contributed by atoms with E-state index in [-0.39, 0.29) is 11.5 Å². The van der Waals surface area contributed by atoms with Gasteiger partial charge in [0.15, 0.2) is 0 Å². The third-order valence-corrected chi connectivity index (χ3v) is 4.23. The first-order valence-electron chi connectivity index (χ1n) is 6.70. The van der Waals surface area contributed by atoms with E-state index in [1.165, 1.54) is 19.3 Å². The summed E-state index contributed by atoms with van der Waals surface area (Å²) in [5, 5.41) is 13.7. The summed E-state index contributed by atoms with van der Waals surface area (Å²) in [5.41, 5.74) is 0.0791. The van der Waals surface area contributed by atoms with Gasteiger partial charge in [-0.2, -0.15) is 0 Å². The lowest BCUT2D eigenvalue weighted by Gasteiger charge is -2.40. The predicted molar refractivity (Wildman–Crippen MR) is 64.4 cm³/mol. The Morgan fingerprint density at radius 2 is 2.19 bits per heavy atom. The molecular weight excluding hydrogens is 202 g/mol. The van der Waals surface area contributed by atoms with E-state index < -0.39 is 0 Å². The van der Waals surface area contributed by atoms with E-state index in [4.69, 9.17) is 4.74 Å². The van der Waals surface area contributed by atoms with Crippen LogP contribution in [0.25, 0.3) is 0 Å². The minimum Gasteiger partial charge on any atom is -0.393 e. The minimum atomic E-state index is -0.127. The molecule has 1 aliphatic heterocycles. The fourth-order valence-corrected chi connectivity index (χ4v) is 2.87. The molecule has 2 aliphatic rings. The van der Waals surface area contributed by atoms with Gasteiger partial charge >= 0.3 is 0 Å². The standard InChI is InChI=1S/C13H25NO2/c1-13(7-3-2-6-12(13)15)10-14-11-5-4-8-16-9-11/h11-12,14-15H,2-10H2,1H3. The van der Waals surface area contributed by atoms with Gasteiger partial charge in [0.1, 0.15) is 0 Å². The zero-order chi connectivity index (χ0) is 11.4. The number of nitrogens with one attached hydrogen (secondary N) is 1. The van der Waals surface area contributed by atoms with E-state index in [1.54, 1.807) is 0 Å². The highest BCUT2D eigenvalue weighted by Crippen LogP contribution is 2.35. The number of hydrogen-bond donors (Lipinski definition) is 2. The van der Waals surface area contributed by atoms with E-state index in [1.807, 2.05) is 0 Å². The molecule has 2 N–H and O–H groups in total. The van der Waals surface area contributed by atoms with Crippen LogP contribution in [0, 0.1) is 5.41 Å². The van der Waals surface area contributed by atoms with Gasteiger partial charge in [0, 0.05) is 24.6 Å². The number of rotatable bonds is 3. The van der Waals surface area contributed by atoms with Crippen molar-refractivity contribution in [1.82, 2.24) is 5.32 Å². The first-order chi connectivity index (χ1) is 7.71. The lowest BCUT2D eigenvalue weighted by atomic mass is 9.73. The van der Waals surface area contributed by atoms with Crippen LogP contribution >= 0.6 is 0 Å². The largest absolute Gasteiger partial charge is 0.393 e. The first kappa shape index (κ1) is 12.3. The molecule has 94 valence electrons. The molecule has 1 saturated carbocycles. The second kappa shape index (κ2) is 5.48. The lowest BCUT2D eigenvalue weighted by molar-refractivity contribution is -0.00617. The summed E-state index contributed by atoms with van der Waals surface area (Å²) in [6.45, 7) is 4.90. The van der Waals surface area contributed by atoms with Gasteiger partial charge in [-0.15, -0.1) is 0 Å². The van der Waals surface area contributed by atoms with Crippen LogP contribution in [0.4, 0.5) is 0 Å². The van der Waals surface area contributed by atoms with E-state index in [0.717, 1.165) is 39.0 Å². The quantitative estimate of drug-likeness (QED) is 0.771. The van der Waals surface area contributed by atoms with Crippen molar-refractivity contribution in [2.75, 3.05) is 19.8 Å². The molecule has 3 heteroatoms. The molecule has 0 aromatic heterocycles. The molecule has 2 rings (SSSR count). The summed E-state index contributed by atoms with van der Waals surface area (Å²) in [4.78, 5) is 0. The second-order valence-electron chi connectivity index (χ2n) is 5.71. The van der Waals surface area contributed by atoms with E-state index in [9.17, 15) is 5.11 Å². The number of ether oxygens (including phenoxy) is 1. The van der Waals surface area contributed by atoms with Crippen LogP contribution in [0.15, 0.2) is 0 Å². The summed E-state index contributed by atoms with van der Waals surface area (Å²) >= 11 is 0. The highest BCUT2D eigenvalue weighted by molar-refractivity contribution is 4.89. The van der Waals surface area contributed by atoms with Crippen molar-refractivity contribution in [3.05, 3.63) is 0 Å². The molecular formula is C13H25NO2. The van der Waals surface area contributed by atoms with Gasteiger partial charge in [-0.25, -0.2) is 0 Å². The fraction of sp³-hybridized carbons (Fsp3) is 1.00.